The molecule has 0 aliphatic rings. The summed E-state index contributed by atoms with van der Waals surface area (Å²) in [4.78, 5) is 0.414. The van der Waals surface area contributed by atoms with E-state index in [0.717, 1.165) is 0 Å². The van der Waals surface area contributed by atoms with Crippen molar-refractivity contribution < 1.29 is 56.2 Å². The van der Waals surface area contributed by atoms with Crippen LogP contribution in [0.2, 0.25) is 0 Å². The highest BCUT2D eigenvalue weighted by Crippen LogP contribution is 2.40. The van der Waals surface area contributed by atoms with Gasteiger partial charge in [0.25, 0.3) is 0 Å². The Labute approximate surface area is 323 Å². The first-order chi connectivity index (χ1) is 23.8. The number of rotatable bonds is 16. The molecule has 0 saturated heterocycles. The molecule has 0 heterocycles. The summed E-state index contributed by atoms with van der Waals surface area (Å²) in [6.07, 6.45) is 0. The van der Waals surface area contributed by atoms with Crippen molar-refractivity contribution in [1.82, 2.24) is 0 Å². The minimum absolute atomic E-state index is 0.0559. The van der Waals surface area contributed by atoms with Crippen molar-refractivity contribution in [3.8, 4) is 23.0 Å². The maximum atomic E-state index is 13.0. The quantitative estimate of drug-likeness (QED) is 0.110. The third kappa shape index (κ3) is 11.4. The van der Waals surface area contributed by atoms with Crippen LogP contribution in [-0.4, -0.2) is 90.1 Å². The van der Waals surface area contributed by atoms with Crippen molar-refractivity contribution in [3.05, 3.63) is 90.7 Å². The van der Waals surface area contributed by atoms with Gasteiger partial charge in [0.2, 0.25) is 19.7 Å². The van der Waals surface area contributed by atoms with Crippen molar-refractivity contribution in [2.24, 2.45) is 0 Å². The van der Waals surface area contributed by atoms with Gasteiger partial charge in [-0.15, -0.1) is 0 Å². The molecule has 50 heavy (non-hydrogen) atoms. The van der Waals surface area contributed by atoms with Crippen LogP contribution in [0.15, 0.2) is 110 Å². The Morgan fingerprint density at radius 3 is 0.960 bits per heavy atom. The van der Waals surface area contributed by atoms with E-state index < -0.39 is 19.7 Å². The van der Waals surface area contributed by atoms with E-state index in [1.165, 1.54) is 48.5 Å². The summed E-state index contributed by atoms with van der Waals surface area (Å²) < 4.78 is 74.1. The average Bonchev–Trinajstić information content (AvgIpc) is 3.09. The molecular formula is C32H32Br4O12S2. The zero-order valence-electron chi connectivity index (χ0n) is 26.0. The number of aliphatic hydroxyl groups is 4. The number of hydrogen-bond donors (Lipinski definition) is 4. The molecule has 4 aromatic carbocycles. The summed E-state index contributed by atoms with van der Waals surface area (Å²) in [6, 6.07) is 17.7. The standard InChI is InChI=1S/C16H14Br4O6S.C16H18O6S/c17-11-5-9(6-12(18)15(11)25-3-1-21)27(23,24)10-7-13(19)16(14(20)8-10)26-4-2-22;17-9-11-21-13-1-5-15(6-2-13)23(19,20)16-7-3-14(4-8-16)22-12-10-18/h5-8,21-22H,1-4H2;1-8,17-18H,9-12H2. The topological polar surface area (TPSA) is 186 Å². The molecule has 0 bridgehead atoms. The molecular weight excluding hydrogens is 960 g/mol. The largest absolute Gasteiger partial charge is 0.491 e. The highest BCUT2D eigenvalue weighted by molar-refractivity contribution is 9.11. The number of hydrogen-bond acceptors (Lipinski definition) is 12. The van der Waals surface area contributed by atoms with Gasteiger partial charge in [-0.05, 0) is 137 Å². The van der Waals surface area contributed by atoms with Crippen LogP contribution in [0.5, 0.6) is 23.0 Å². The first kappa shape index (κ1) is 42.2. The van der Waals surface area contributed by atoms with E-state index in [-0.39, 0.29) is 72.4 Å². The zero-order valence-corrected chi connectivity index (χ0v) is 33.9. The number of halogens is 4. The summed E-state index contributed by atoms with van der Waals surface area (Å²) in [5, 5.41) is 35.2. The van der Waals surface area contributed by atoms with Gasteiger partial charge in [-0.1, -0.05) is 0 Å². The van der Waals surface area contributed by atoms with E-state index in [1.54, 1.807) is 24.3 Å². The number of ether oxygens (including phenoxy) is 4. The van der Waals surface area contributed by atoms with Crippen LogP contribution in [-0.2, 0) is 19.7 Å². The predicted octanol–water partition coefficient (Wildman–Crippen LogP) is 5.57. The molecule has 12 nitrogen and oxygen atoms in total. The SMILES string of the molecule is O=S(=O)(c1cc(Br)c(OCCO)c(Br)c1)c1cc(Br)c(OCCO)c(Br)c1.O=S(=O)(c1ccc(OCCO)cc1)c1ccc(OCCO)cc1. The molecule has 0 amide bonds. The summed E-state index contributed by atoms with van der Waals surface area (Å²) in [7, 11) is -7.46. The molecule has 0 atom stereocenters. The lowest BCUT2D eigenvalue weighted by atomic mass is 10.3. The van der Waals surface area contributed by atoms with Gasteiger partial charge in [-0.25, -0.2) is 16.8 Å². The van der Waals surface area contributed by atoms with Crippen LogP contribution in [0.4, 0.5) is 0 Å². The smallest absolute Gasteiger partial charge is 0.206 e. The van der Waals surface area contributed by atoms with Crippen LogP contribution < -0.4 is 18.9 Å². The first-order valence-electron chi connectivity index (χ1n) is 14.4. The average molecular weight is 992 g/mol. The van der Waals surface area contributed by atoms with Crippen LogP contribution in [0, 0.1) is 0 Å². The molecule has 4 N–H and O–H groups in total. The van der Waals surface area contributed by atoms with E-state index in [1.807, 2.05) is 0 Å². The monoisotopic (exact) mass is 988 g/mol. The molecule has 0 aliphatic carbocycles. The van der Waals surface area contributed by atoms with Crippen LogP contribution >= 0.6 is 63.7 Å². The fraction of sp³-hybridized carbons (Fsp3) is 0.250. The van der Waals surface area contributed by atoms with E-state index in [4.69, 9.17) is 39.4 Å². The third-order valence-electron chi connectivity index (χ3n) is 6.23. The summed E-state index contributed by atoms with van der Waals surface area (Å²) >= 11 is 13.2. The molecule has 4 rings (SSSR count). The van der Waals surface area contributed by atoms with E-state index in [2.05, 4.69) is 63.7 Å². The van der Waals surface area contributed by atoms with Crippen LogP contribution in [0.3, 0.4) is 0 Å². The second kappa shape index (κ2) is 20.1. The predicted molar refractivity (Wildman–Crippen MR) is 198 cm³/mol. The number of aliphatic hydroxyl groups excluding tert-OH is 4. The molecule has 0 saturated carbocycles. The molecule has 0 aromatic heterocycles. The minimum Gasteiger partial charge on any atom is -0.491 e. The second-order valence-electron chi connectivity index (χ2n) is 9.67. The Morgan fingerprint density at radius 1 is 0.420 bits per heavy atom. The minimum atomic E-state index is -3.83. The van der Waals surface area contributed by atoms with Crippen LogP contribution in [0.25, 0.3) is 0 Å². The number of benzene rings is 4. The van der Waals surface area contributed by atoms with Gasteiger partial charge >= 0.3 is 0 Å². The maximum absolute atomic E-state index is 13.0. The van der Waals surface area contributed by atoms with E-state index >= 15 is 0 Å². The molecule has 0 aliphatic heterocycles. The van der Waals surface area contributed by atoms with Crippen molar-refractivity contribution >= 4 is 83.4 Å². The van der Waals surface area contributed by atoms with Gasteiger partial charge in [0.15, 0.2) is 0 Å². The summed E-state index contributed by atoms with van der Waals surface area (Å²) in [5.74, 6) is 1.78. The Balaban J connectivity index is 0.000000274. The fourth-order valence-electron chi connectivity index (χ4n) is 3.98. The third-order valence-corrected chi connectivity index (χ3v) is 12.1. The van der Waals surface area contributed by atoms with Gasteiger partial charge in [-0.3, -0.25) is 0 Å². The lowest BCUT2D eigenvalue weighted by molar-refractivity contribution is 0.200. The highest BCUT2D eigenvalue weighted by atomic mass is 79.9. The molecule has 4 aromatic rings. The van der Waals surface area contributed by atoms with Gasteiger partial charge in [0, 0.05) is 0 Å². The lowest BCUT2D eigenvalue weighted by Crippen LogP contribution is -2.07. The van der Waals surface area contributed by atoms with Crippen molar-refractivity contribution in [3.63, 3.8) is 0 Å². The Morgan fingerprint density at radius 2 is 0.680 bits per heavy atom. The van der Waals surface area contributed by atoms with Gasteiger partial charge < -0.3 is 39.4 Å². The molecule has 18 heteroatoms. The maximum Gasteiger partial charge on any atom is 0.206 e. The van der Waals surface area contributed by atoms with E-state index in [0.29, 0.717) is 40.9 Å². The highest BCUT2D eigenvalue weighted by Gasteiger charge is 2.24. The second-order valence-corrected chi connectivity index (χ2v) is 17.0. The van der Waals surface area contributed by atoms with Gasteiger partial charge in [0.1, 0.15) is 49.4 Å². The molecule has 0 spiro atoms. The summed E-state index contributed by atoms with van der Waals surface area (Å²) in [5.41, 5.74) is 0. The van der Waals surface area contributed by atoms with Crippen LogP contribution in [0.1, 0.15) is 0 Å². The molecule has 0 unspecified atom stereocenters. The molecule has 0 radical (unpaired) electrons. The van der Waals surface area contributed by atoms with Crippen molar-refractivity contribution in [1.29, 1.82) is 0 Å². The fourth-order valence-corrected chi connectivity index (χ4v) is 10.0. The van der Waals surface area contributed by atoms with Gasteiger partial charge in [-0.2, -0.15) is 0 Å². The Kier molecular flexibility index (Phi) is 17.0. The first-order valence-corrected chi connectivity index (χ1v) is 20.6. The van der Waals surface area contributed by atoms with E-state index in [9.17, 15) is 16.8 Å². The normalized spacial score (nSPS) is 11.4. The number of sulfone groups is 2. The lowest BCUT2D eigenvalue weighted by Gasteiger charge is -2.14. The molecule has 272 valence electrons. The Bertz CT molecular complexity index is 1750. The van der Waals surface area contributed by atoms with Gasteiger partial charge in [0.05, 0.1) is 63.9 Å². The summed E-state index contributed by atoms with van der Waals surface area (Å²) in [6.45, 7) is -0.0628. The molecule has 0 fully saturated rings. The zero-order chi connectivity index (χ0) is 36.9. The van der Waals surface area contributed by atoms with Crippen molar-refractivity contribution in [2.45, 2.75) is 19.6 Å². The van der Waals surface area contributed by atoms with Crippen molar-refractivity contribution in [2.75, 3.05) is 52.9 Å². The Hall–Kier alpha value is -2.26.